The van der Waals surface area contributed by atoms with E-state index in [1.165, 1.54) is 0 Å². The molecule has 1 aromatic heterocycles. The highest BCUT2D eigenvalue weighted by atomic mass is 16.5. The van der Waals surface area contributed by atoms with Crippen molar-refractivity contribution in [2.45, 2.75) is 45.3 Å². The molecule has 88 valence electrons. The molecule has 0 bridgehead atoms. The van der Waals surface area contributed by atoms with E-state index in [9.17, 15) is 0 Å². The third kappa shape index (κ3) is 2.57. The molecular formula is C12H19N3O. The maximum absolute atomic E-state index is 5.82. The zero-order chi connectivity index (χ0) is 11.5. The van der Waals surface area contributed by atoms with Gasteiger partial charge in [-0.25, -0.2) is 9.97 Å². The van der Waals surface area contributed by atoms with Crippen molar-refractivity contribution in [3.8, 4) is 0 Å². The monoisotopic (exact) mass is 221 g/mol. The second-order valence-corrected chi connectivity index (χ2v) is 4.45. The number of nitrogens with zero attached hydrogens (tertiary/aromatic N) is 2. The topological polar surface area (TPSA) is 61.0 Å². The molecule has 16 heavy (non-hydrogen) atoms. The number of hydrogen-bond donors (Lipinski definition) is 1. The van der Waals surface area contributed by atoms with Gasteiger partial charge in [0.25, 0.3) is 0 Å². The summed E-state index contributed by atoms with van der Waals surface area (Å²) < 4.78 is 5.57. The van der Waals surface area contributed by atoms with Gasteiger partial charge in [0.2, 0.25) is 0 Å². The molecule has 2 N–H and O–H groups in total. The summed E-state index contributed by atoms with van der Waals surface area (Å²) in [5, 5.41) is 0. The Balaban J connectivity index is 2.08. The molecule has 1 fully saturated rings. The van der Waals surface area contributed by atoms with E-state index >= 15 is 0 Å². The summed E-state index contributed by atoms with van der Waals surface area (Å²) in [5.41, 5.74) is 7.83. The molecule has 1 aliphatic rings. The first kappa shape index (κ1) is 11.5. The summed E-state index contributed by atoms with van der Waals surface area (Å²) in [6, 6.07) is -0.00298. The van der Waals surface area contributed by atoms with Crippen LogP contribution in [0.5, 0.6) is 0 Å². The molecule has 0 saturated carbocycles. The lowest BCUT2D eigenvalue weighted by atomic mass is 10.1. The van der Waals surface area contributed by atoms with E-state index < -0.39 is 0 Å². The molecule has 1 aromatic rings. The summed E-state index contributed by atoms with van der Waals surface area (Å²) in [7, 11) is 0. The number of hydrogen-bond acceptors (Lipinski definition) is 4. The van der Waals surface area contributed by atoms with Crippen molar-refractivity contribution < 1.29 is 4.74 Å². The predicted molar refractivity (Wildman–Crippen MR) is 62.0 cm³/mol. The Bertz CT molecular complexity index is 359. The maximum atomic E-state index is 5.82. The van der Waals surface area contributed by atoms with Crippen LogP contribution in [0.1, 0.15) is 42.9 Å². The molecule has 0 amide bonds. The Morgan fingerprint density at radius 1 is 1.62 bits per heavy atom. The SMILES string of the molecule is Cc1nc(CC2CCCO2)ncc1[C@H](C)N. The molecule has 1 aliphatic heterocycles. The van der Waals surface area contributed by atoms with E-state index in [0.717, 1.165) is 43.0 Å². The molecule has 1 unspecified atom stereocenters. The minimum absolute atomic E-state index is 0.00298. The number of nitrogens with two attached hydrogens (primary N) is 1. The Kier molecular flexibility index (Phi) is 3.51. The Hall–Kier alpha value is -1.00. The predicted octanol–water partition coefficient (Wildman–Crippen LogP) is 1.53. The lowest BCUT2D eigenvalue weighted by Crippen LogP contribution is -2.14. The molecule has 0 radical (unpaired) electrons. The van der Waals surface area contributed by atoms with E-state index in [4.69, 9.17) is 10.5 Å². The van der Waals surface area contributed by atoms with Crippen molar-refractivity contribution in [3.63, 3.8) is 0 Å². The molecule has 0 aromatic carbocycles. The first-order valence-electron chi connectivity index (χ1n) is 5.86. The number of rotatable bonds is 3. The van der Waals surface area contributed by atoms with Crippen molar-refractivity contribution in [1.29, 1.82) is 0 Å². The summed E-state index contributed by atoms with van der Waals surface area (Å²) in [6.45, 7) is 4.81. The van der Waals surface area contributed by atoms with Gasteiger partial charge < -0.3 is 10.5 Å². The summed E-state index contributed by atoms with van der Waals surface area (Å²) in [6.07, 6.45) is 5.25. The fourth-order valence-electron chi connectivity index (χ4n) is 2.08. The van der Waals surface area contributed by atoms with Crippen LogP contribution in [-0.2, 0) is 11.2 Å². The van der Waals surface area contributed by atoms with Gasteiger partial charge in [-0.1, -0.05) is 0 Å². The zero-order valence-electron chi connectivity index (χ0n) is 9.94. The minimum atomic E-state index is -0.00298. The average molecular weight is 221 g/mol. The number of ether oxygens (including phenoxy) is 1. The van der Waals surface area contributed by atoms with Crippen LogP contribution in [0.15, 0.2) is 6.20 Å². The van der Waals surface area contributed by atoms with Crippen LogP contribution in [0.4, 0.5) is 0 Å². The van der Waals surface area contributed by atoms with Crippen molar-refractivity contribution in [2.24, 2.45) is 5.73 Å². The quantitative estimate of drug-likeness (QED) is 0.840. The molecule has 2 rings (SSSR count). The highest BCUT2D eigenvalue weighted by Crippen LogP contribution is 2.17. The normalized spacial score (nSPS) is 22.3. The largest absolute Gasteiger partial charge is 0.378 e. The second-order valence-electron chi connectivity index (χ2n) is 4.45. The molecule has 2 heterocycles. The van der Waals surface area contributed by atoms with Crippen molar-refractivity contribution in [1.82, 2.24) is 9.97 Å². The van der Waals surface area contributed by atoms with Crippen LogP contribution < -0.4 is 5.73 Å². The molecule has 4 nitrogen and oxygen atoms in total. The lowest BCUT2D eigenvalue weighted by molar-refractivity contribution is 0.110. The molecular weight excluding hydrogens is 202 g/mol. The van der Waals surface area contributed by atoms with Crippen LogP contribution in [-0.4, -0.2) is 22.7 Å². The Morgan fingerprint density at radius 3 is 3.00 bits per heavy atom. The molecule has 4 heteroatoms. The van der Waals surface area contributed by atoms with Crippen LogP contribution in [0.2, 0.25) is 0 Å². The van der Waals surface area contributed by atoms with E-state index in [1.54, 1.807) is 0 Å². The average Bonchev–Trinajstić information content (AvgIpc) is 2.70. The van der Waals surface area contributed by atoms with E-state index in [0.29, 0.717) is 6.10 Å². The fourth-order valence-corrected chi connectivity index (χ4v) is 2.08. The smallest absolute Gasteiger partial charge is 0.131 e. The van der Waals surface area contributed by atoms with Gasteiger partial charge in [-0.2, -0.15) is 0 Å². The van der Waals surface area contributed by atoms with Crippen molar-refractivity contribution in [3.05, 3.63) is 23.3 Å². The van der Waals surface area contributed by atoms with Gasteiger partial charge in [0.15, 0.2) is 0 Å². The first-order valence-corrected chi connectivity index (χ1v) is 5.86. The van der Waals surface area contributed by atoms with Gasteiger partial charge in [-0.05, 0) is 26.7 Å². The highest BCUT2D eigenvalue weighted by Gasteiger charge is 2.17. The first-order chi connectivity index (χ1) is 7.66. The Morgan fingerprint density at radius 2 is 2.44 bits per heavy atom. The van der Waals surface area contributed by atoms with Crippen LogP contribution in [0.3, 0.4) is 0 Å². The van der Waals surface area contributed by atoms with E-state index in [-0.39, 0.29) is 6.04 Å². The zero-order valence-corrected chi connectivity index (χ0v) is 9.94. The molecule has 2 atom stereocenters. The number of aryl methyl sites for hydroxylation is 1. The minimum Gasteiger partial charge on any atom is -0.378 e. The lowest BCUT2D eigenvalue weighted by Gasteiger charge is -2.11. The standard InChI is InChI=1S/C12H19N3O/c1-8(13)11-7-14-12(15-9(11)2)6-10-4-3-5-16-10/h7-8,10H,3-6,13H2,1-2H3/t8-,10?/m0/s1. The highest BCUT2D eigenvalue weighted by molar-refractivity contribution is 5.19. The van der Waals surface area contributed by atoms with Gasteiger partial charge in [0.05, 0.1) is 6.10 Å². The second kappa shape index (κ2) is 4.89. The van der Waals surface area contributed by atoms with Gasteiger partial charge in [-0.15, -0.1) is 0 Å². The molecule has 1 saturated heterocycles. The summed E-state index contributed by atoms with van der Waals surface area (Å²) >= 11 is 0. The third-order valence-electron chi connectivity index (χ3n) is 2.99. The summed E-state index contributed by atoms with van der Waals surface area (Å²) in [5.74, 6) is 0.869. The van der Waals surface area contributed by atoms with Crippen LogP contribution >= 0.6 is 0 Å². The Labute approximate surface area is 96.2 Å². The van der Waals surface area contributed by atoms with E-state index in [2.05, 4.69) is 9.97 Å². The van der Waals surface area contributed by atoms with Crippen molar-refractivity contribution in [2.75, 3.05) is 6.61 Å². The molecule has 0 spiro atoms. The van der Waals surface area contributed by atoms with E-state index in [1.807, 2.05) is 20.0 Å². The van der Waals surface area contributed by atoms with Crippen LogP contribution in [0.25, 0.3) is 0 Å². The third-order valence-corrected chi connectivity index (χ3v) is 2.99. The van der Waals surface area contributed by atoms with Gasteiger partial charge >= 0.3 is 0 Å². The van der Waals surface area contributed by atoms with Gasteiger partial charge in [-0.3, -0.25) is 0 Å². The molecule has 0 aliphatic carbocycles. The number of aromatic nitrogens is 2. The van der Waals surface area contributed by atoms with Gasteiger partial charge in [0, 0.05) is 36.5 Å². The maximum Gasteiger partial charge on any atom is 0.131 e. The van der Waals surface area contributed by atoms with Gasteiger partial charge in [0.1, 0.15) is 5.82 Å². The van der Waals surface area contributed by atoms with Crippen LogP contribution in [0, 0.1) is 6.92 Å². The fraction of sp³-hybridized carbons (Fsp3) is 0.667. The van der Waals surface area contributed by atoms with Crippen molar-refractivity contribution >= 4 is 0 Å². The summed E-state index contributed by atoms with van der Waals surface area (Å²) in [4.78, 5) is 8.84.